The molecular formula is C24H27NO4. The van der Waals surface area contributed by atoms with E-state index in [1.54, 1.807) is 18.2 Å². The second-order valence-electron chi connectivity index (χ2n) is 8.15. The number of benzene rings is 2. The molecule has 1 amide bonds. The van der Waals surface area contributed by atoms with Crippen LogP contribution in [0.3, 0.4) is 0 Å². The fourth-order valence-corrected chi connectivity index (χ4v) is 4.14. The Kier molecular flexibility index (Phi) is 5.56. The zero-order valence-electron chi connectivity index (χ0n) is 16.8. The van der Waals surface area contributed by atoms with Crippen molar-refractivity contribution in [2.45, 2.75) is 57.6 Å². The summed E-state index contributed by atoms with van der Waals surface area (Å²) in [7, 11) is 0. The van der Waals surface area contributed by atoms with Gasteiger partial charge in [0.25, 0.3) is 5.91 Å². The molecule has 5 heteroatoms. The fourth-order valence-electron chi connectivity index (χ4n) is 4.14. The molecule has 1 aliphatic carbocycles. The van der Waals surface area contributed by atoms with E-state index in [1.165, 1.54) is 12.0 Å². The summed E-state index contributed by atoms with van der Waals surface area (Å²) in [6.07, 6.45) is 5.75. The van der Waals surface area contributed by atoms with E-state index in [1.807, 2.05) is 31.2 Å². The van der Waals surface area contributed by atoms with E-state index >= 15 is 0 Å². The summed E-state index contributed by atoms with van der Waals surface area (Å²) >= 11 is 0. The van der Waals surface area contributed by atoms with Gasteiger partial charge in [0.15, 0.2) is 12.4 Å². The number of ether oxygens (including phenoxy) is 2. The van der Waals surface area contributed by atoms with Gasteiger partial charge in [0.05, 0.1) is 12.0 Å². The van der Waals surface area contributed by atoms with Gasteiger partial charge in [-0.2, -0.15) is 0 Å². The lowest BCUT2D eigenvalue weighted by atomic mass is 9.78. The van der Waals surface area contributed by atoms with E-state index in [4.69, 9.17) is 9.47 Å². The summed E-state index contributed by atoms with van der Waals surface area (Å²) in [4.78, 5) is 24.8. The predicted molar refractivity (Wildman–Crippen MR) is 110 cm³/mol. The summed E-state index contributed by atoms with van der Waals surface area (Å²) < 4.78 is 11.9. The van der Waals surface area contributed by atoms with E-state index in [9.17, 15) is 9.59 Å². The molecule has 0 atom stereocenters. The van der Waals surface area contributed by atoms with Gasteiger partial charge in [-0.1, -0.05) is 36.2 Å². The van der Waals surface area contributed by atoms with Gasteiger partial charge >= 0.3 is 0 Å². The molecule has 1 N–H and O–H groups in total. The van der Waals surface area contributed by atoms with Crippen LogP contribution in [0.5, 0.6) is 11.5 Å². The van der Waals surface area contributed by atoms with Crippen LogP contribution in [0.2, 0.25) is 0 Å². The molecule has 29 heavy (non-hydrogen) atoms. The summed E-state index contributed by atoms with van der Waals surface area (Å²) in [6, 6.07) is 13.3. The van der Waals surface area contributed by atoms with Crippen molar-refractivity contribution in [2.75, 3.05) is 6.61 Å². The highest BCUT2D eigenvalue weighted by Crippen LogP contribution is 2.42. The van der Waals surface area contributed by atoms with Crippen molar-refractivity contribution in [3.8, 4) is 11.5 Å². The number of ketones is 1. The SMILES string of the molecule is Cc1ccc(CNC(=O)COc2ccc3c(c2)C(=O)CC2(CCCCC2)O3)cc1. The maximum atomic E-state index is 12.7. The van der Waals surface area contributed by atoms with Crippen LogP contribution in [0.4, 0.5) is 0 Å². The molecule has 0 unspecified atom stereocenters. The molecule has 2 aliphatic rings. The van der Waals surface area contributed by atoms with Crippen LogP contribution in [0.15, 0.2) is 42.5 Å². The molecule has 2 aromatic carbocycles. The zero-order valence-corrected chi connectivity index (χ0v) is 16.8. The molecule has 0 bridgehead atoms. The van der Waals surface area contributed by atoms with Crippen molar-refractivity contribution in [1.29, 1.82) is 0 Å². The normalized spacial score (nSPS) is 17.3. The van der Waals surface area contributed by atoms with Crippen molar-refractivity contribution in [1.82, 2.24) is 5.32 Å². The molecule has 1 fully saturated rings. The van der Waals surface area contributed by atoms with E-state index in [2.05, 4.69) is 5.32 Å². The summed E-state index contributed by atoms with van der Waals surface area (Å²) in [5, 5.41) is 2.84. The highest BCUT2D eigenvalue weighted by Gasteiger charge is 2.41. The minimum Gasteiger partial charge on any atom is -0.486 e. The van der Waals surface area contributed by atoms with Crippen LogP contribution in [0.25, 0.3) is 0 Å². The first kappa shape index (κ1) is 19.5. The Hall–Kier alpha value is -2.82. The summed E-state index contributed by atoms with van der Waals surface area (Å²) in [5.74, 6) is 1.04. The number of hydrogen-bond donors (Lipinski definition) is 1. The lowest BCUT2D eigenvalue weighted by molar-refractivity contribution is -0.123. The average molecular weight is 393 g/mol. The van der Waals surface area contributed by atoms with E-state index in [0.29, 0.717) is 30.0 Å². The van der Waals surface area contributed by atoms with E-state index in [0.717, 1.165) is 31.2 Å². The molecule has 1 heterocycles. The highest BCUT2D eigenvalue weighted by atomic mass is 16.5. The first-order valence-corrected chi connectivity index (χ1v) is 10.3. The minimum absolute atomic E-state index is 0.0936. The van der Waals surface area contributed by atoms with Crippen LogP contribution in [0, 0.1) is 6.92 Å². The zero-order chi connectivity index (χ0) is 20.3. The average Bonchev–Trinajstić information content (AvgIpc) is 2.72. The lowest BCUT2D eigenvalue weighted by Gasteiger charge is -2.40. The highest BCUT2D eigenvalue weighted by molar-refractivity contribution is 6.00. The quantitative estimate of drug-likeness (QED) is 0.820. The van der Waals surface area contributed by atoms with Crippen LogP contribution in [-0.4, -0.2) is 23.9 Å². The number of fused-ring (bicyclic) bond motifs is 1. The second kappa shape index (κ2) is 8.27. The Labute approximate surface area is 171 Å². The number of carbonyl (C=O) groups is 2. The summed E-state index contributed by atoms with van der Waals surface area (Å²) in [6.45, 7) is 2.39. The number of nitrogens with one attached hydrogen (secondary N) is 1. The van der Waals surface area contributed by atoms with E-state index < -0.39 is 0 Å². The van der Waals surface area contributed by atoms with Gasteiger partial charge in [-0.25, -0.2) is 0 Å². The van der Waals surface area contributed by atoms with Gasteiger partial charge in [0.1, 0.15) is 17.1 Å². The van der Waals surface area contributed by atoms with Crippen LogP contribution >= 0.6 is 0 Å². The van der Waals surface area contributed by atoms with Gasteiger partial charge in [0, 0.05) is 6.54 Å². The molecule has 2 aromatic rings. The number of rotatable bonds is 5. The van der Waals surface area contributed by atoms with Gasteiger partial charge < -0.3 is 14.8 Å². The smallest absolute Gasteiger partial charge is 0.258 e. The third-order valence-corrected chi connectivity index (χ3v) is 5.81. The van der Waals surface area contributed by atoms with Gasteiger partial charge in [-0.15, -0.1) is 0 Å². The number of hydrogen-bond acceptors (Lipinski definition) is 4. The molecule has 152 valence electrons. The van der Waals surface area contributed by atoms with Crippen LogP contribution in [0.1, 0.15) is 60.0 Å². The predicted octanol–water partition coefficient (Wildman–Crippen LogP) is 4.36. The Bertz CT molecular complexity index is 898. The third-order valence-electron chi connectivity index (χ3n) is 5.81. The molecule has 5 nitrogen and oxygen atoms in total. The number of aryl methyl sites for hydroxylation is 1. The minimum atomic E-state index is -0.319. The Morgan fingerprint density at radius 1 is 1.10 bits per heavy atom. The number of Topliss-reactive ketones (excluding diaryl/α,β-unsaturated/α-hetero) is 1. The Balaban J connectivity index is 1.33. The van der Waals surface area contributed by atoms with Gasteiger partial charge in [-0.05, 0) is 56.4 Å². The standard InChI is InChI=1S/C24H27NO4/c1-17-5-7-18(8-6-17)15-25-23(27)16-28-19-9-10-22-20(13-19)21(26)14-24(29-22)11-3-2-4-12-24/h5-10,13H,2-4,11-12,14-16H2,1H3,(H,25,27). The topological polar surface area (TPSA) is 64.6 Å². The Morgan fingerprint density at radius 2 is 1.86 bits per heavy atom. The molecule has 1 spiro atoms. The summed E-state index contributed by atoms with van der Waals surface area (Å²) in [5.41, 5.74) is 2.46. The van der Waals surface area contributed by atoms with Crippen molar-refractivity contribution in [3.05, 3.63) is 59.2 Å². The molecule has 0 saturated heterocycles. The van der Waals surface area contributed by atoms with Gasteiger partial charge in [-0.3, -0.25) is 9.59 Å². The maximum absolute atomic E-state index is 12.7. The first-order chi connectivity index (χ1) is 14.0. The van der Waals surface area contributed by atoms with Crippen LogP contribution < -0.4 is 14.8 Å². The largest absolute Gasteiger partial charge is 0.486 e. The van der Waals surface area contributed by atoms with Crippen molar-refractivity contribution < 1.29 is 19.1 Å². The van der Waals surface area contributed by atoms with Crippen molar-refractivity contribution in [3.63, 3.8) is 0 Å². The molecule has 0 radical (unpaired) electrons. The molecule has 1 aliphatic heterocycles. The van der Waals surface area contributed by atoms with E-state index in [-0.39, 0.29) is 23.9 Å². The van der Waals surface area contributed by atoms with Crippen LogP contribution in [-0.2, 0) is 11.3 Å². The van der Waals surface area contributed by atoms with Gasteiger partial charge in [0.2, 0.25) is 0 Å². The number of amides is 1. The van der Waals surface area contributed by atoms with Crippen molar-refractivity contribution in [2.24, 2.45) is 0 Å². The maximum Gasteiger partial charge on any atom is 0.258 e. The molecule has 4 rings (SSSR count). The Morgan fingerprint density at radius 3 is 2.62 bits per heavy atom. The first-order valence-electron chi connectivity index (χ1n) is 10.3. The monoisotopic (exact) mass is 393 g/mol. The number of carbonyl (C=O) groups excluding carboxylic acids is 2. The molecule has 0 aromatic heterocycles. The van der Waals surface area contributed by atoms with Crippen molar-refractivity contribution >= 4 is 11.7 Å². The lowest BCUT2D eigenvalue weighted by Crippen LogP contribution is -2.43. The molecule has 1 saturated carbocycles. The third kappa shape index (κ3) is 4.61. The fraction of sp³-hybridized carbons (Fsp3) is 0.417. The second-order valence-corrected chi connectivity index (χ2v) is 8.15. The molecular weight excluding hydrogens is 366 g/mol.